The predicted molar refractivity (Wildman–Crippen MR) is 79.8 cm³/mol. The Bertz CT molecular complexity index is 50.0. The Labute approximate surface area is 609 Å². The molecule has 39 heteroatoms. The van der Waals surface area contributed by atoms with Crippen LogP contribution in [-0.4, -0.2) is 415 Å². The van der Waals surface area contributed by atoms with Crippen LogP contribution in [0.1, 0.15) is 0 Å². The van der Waals surface area contributed by atoms with Crippen molar-refractivity contribution >= 4 is 415 Å². The third-order valence-electron chi connectivity index (χ3n) is 0. The molecule has 0 aromatic heterocycles. The summed E-state index contributed by atoms with van der Waals surface area (Å²) in [4.78, 5) is 0. The Hall–Kier alpha value is 15.5. The van der Waals surface area contributed by atoms with Gasteiger partial charge in [0.25, 0.3) is 0 Å². The first-order valence-electron chi connectivity index (χ1n) is 0. The largest absolute Gasteiger partial charge is 2.00 e. The molecule has 39 heavy (non-hydrogen) atoms. The minimum absolute atomic E-state index is 0. The van der Waals surface area contributed by atoms with E-state index in [4.69, 9.17) is 0 Å². The Balaban J connectivity index is 0. The second-order valence-electron chi connectivity index (χ2n) is 0. The van der Waals surface area contributed by atoms with Crippen LogP contribution < -0.4 is 0 Å². The second-order valence-corrected chi connectivity index (χ2v) is 0. The van der Waals surface area contributed by atoms with Gasteiger partial charge in [0, 0.05) is 81.7 Å². The molecule has 0 N–H and O–H groups in total. The summed E-state index contributed by atoms with van der Waals surface area (Å²) >= 11 is 0. The van der Waals surface area contributed by atoms with Crippen LogP contribution in [0, 0.1) is 0 Å². The maximum atomic E-state index is 0. The Morgan fingerprint density at radius 2 is 0.0769 bits per heavy atom. The average Bonchev–Trinajstić information content (AvgIpc) is 0. The zero-order valence-corrected chi connectivity index (χ0v) is 54.2. The Morgan fingerprint density at radius 1 is 0.0769 bits per heavy atom. The second kappa shape index (κ2) is 612. The molecule has 0 atom stereocenters. The van der Waals surface area contributed by atoms with Crippen LogP contribution in [-0.2, 0) is 213 Å². The summed E-state index contributed by atoms with van der Waals surface area (Å²) in [6.45, 7) is 0. The van der Waals surface area contributed by atoms with E-state index in [0.717, 1.165) is 0 Å². The van der Waals surface area contributed by atoms with Gasteiger partial charge in [-0.15, -0.1) is 0 Å². The fourth-order valence-electron chi connectivity index (χ4n) is 0. The van der Waals surface area contributed by atoms with E-state index >= 15 is 0 Å². The summed E-state index contributed by atoms with van der Waals surface area (Å²) in [5.41, 5.74) is 0. The Morgan fingerprint density at radius 3 is 0.0769 bits per heavy atom. The zero-order valence-electron chi connectivity index (χ0n) is 19.1. The number of hydrogen-bond donors (Lipinski definition) is 0. The molecule has 0 aromatic carbocycles. The van der Waals surface area contributed by atoms with Gasteiger partial charge in [-0.3, -0.25) is 0 Å². The minimum atomic E-state index is 0. The molecule has 0 bridgehead atoms. The van der Waals surface area contributed by atoms with Crippen LogP contribution in [0.25, 0.3) is 0 Å². The standard InChI is InChI=1S/11Ca.24O.4Re/q11*+2;24*-2;;;;. The van der Waals surface area contributed by atoms with Crippen LogP contribution >= 0.6 is 0 Å². The van der Waals surface area contributed by atoms with Gasteiger partial charge in [-0.05, 0) is 0 Å². The molecule has 0 aliphatic carbocycles. The van der Waals surface area contributed by atoms with E-state index in [9.17, 15) is 0 Å². The van der Waals surface area contributed by atoms with Gasteiger partial charge in [-0.25, -0.2) is 0 Å². The maximum absolute atomic E-state index is 0. The van der Waals surface area contributed by atoms with E-state index in [-0.39, 0.29) is 628 Å². The summed E-state index contributed by atoms with van der Waals surface area (Å²) in [6.07, 6.45) is 0. The molecule has 0 aliphatic heterocycles. The average molecular weight is 1570 g/mol. The summed E-state index contributed by atoms with van der Waals surface area (Å²) in [5.74, 6) is 0. The first-order chi connectivity index (χ1) is 0. The van der Waals surface area contributed by atoms with E-state index in [1.54, 1.807) is 0 Å². The van der Waals surface area contributed by atoms with Crippen LogP contribution in [0.4, 0.5) is 0 Å². The van der Waals surface area contributed by atoms with Gasteiger partial charge in [-0.1, -0.05) is 0 Å². The van der Waals surface area contributed by atoms with Crippen molar-refractivity contribution in [2.75, 3.05) is 0 Å². The van der Waals surface area contributed by atoms with Gasteiger partial charge >= 0.3 is 415 Å². The van der Waals surface area contributed by atoms with Gasteiger partial charge in [0.05, 0.1) is 0 Å². The fraction of sp³-hybridized carbons (Fsp3) is 0. The van der Waals surface area contributed by atoms with E-state index in [1.807, 2.05) is 0 Å². The van der Waals surface area contributed by atoms with Gasteiger partial charge in [0.2, 0.25) is 0 Å². The van der Waals surface area contributed by atoms with Crippen molar-refractivity contribution in [3.8, 4) is 0 Å². The Kier molecular flexibility index (Phi) is 10100. The number of rotatable bonds is 0. The molecule has 0 unspecified atom stereocenters. The molecule has 220 valence electrons. The van der Waals surface area contributed by atoms with Gasteiger partial charge < -0.3 is 131 Å². The summed E-state index contributed by atoms with van der Waals surface area (Å²) in [5, 5.41) is 0. The van der Waals surface area contributed by atoms with Crippen LogP contribution in [0.3, 0.4) is 0 Å². The van der Waals surface area contributed by atoms with Crippen molar-refractivity contribution in [3.05, 3.63) is 0 Å². The quantitative estimate of drug-likeness (QED) is 0.204. The molecule has 0 spiro atoms. The van der Waals surface area contributed by atoms with Crippen molar-refractivity contribution in [1.82, 2.24) is 0 Å². The predicted octanol–water partition coefficient (Wildman–Crippen LogP) is -7.05. The molecule has 0 saturated carbocycles. The van der Waals surface area contributed by atoms with Gasteiger partial charge in [0.15, 0.2) is 0 Å². The molecule has 0 rings (SSSR count). The van der Waals surface area contributed by atoms with Gasteiger partial charge in [-0.2, -0.15) is 0 Å². The van der Waals surface area contributed by atoms with E-state index in [2.05, 4.69) is 0 Å². The first kappa shape index (κ1) is 647. The van der Waals surface area contributed by atoms with Gasteiger partial charge in [0.1, 0.15) is 0 Å². The fourth-order valence-corrected chi connectivity index (χ4v) is 0. The van der Waals surface area contributed by atoms with Crippen LogP contribution in [0.5, 0.6) is 0 Å². The van der Waals surface area contributed by atoms with Crippen molar-refractivity contribution in [1.29, 1.82) is 0 Å². The molecular formula is Ca11O24Re4-26. The minimum Gasteiger partial charge on any atom is -2.00 e. The SMILES string of the molecule is [Ca+2].[Ca+2].[Ca+2].[Ca+2].[Ca+2].[Ca+2].[Ca+2].[Ca+2].[Ca+2].[Ca+2].[Ca+2].[O-2].[O-2].[O-2].[O-2].[O-2].[O-2].[O-2].[O-2].[O-2].[O-2].[O-2].[O-2].[O-2].[O-2].[O-2].[O-2].[O-2].[O-2].[O-2].[O-2].[O-2].[O-2].[O-2].[O-2].[Re].[Re].[Re].[Re]. The molecule has 0 aromatic rings. The molecule has 0 fully saturated rings. The molecule has 0 saturated heterocycles. The van der Waals surface area contributed by atoms with Crippen molar-refractivity contribution in [2.45, 2.75) is 0 Å². The first-order valence-corrected chi connectivity index (χ1v) is 0. The molecule has 0 aliphatic rings. The summed E-state index contributed by atoms with van der Waals surface area (Å²) < 4.78 is 0. The molecule has 0 amide bonds. The van der Waals surface area contributed by atoms with Crippen molar-refractivity contribution in [2.24, 2.45) is 0 Å². The normalized spacial score (nSPS) is 0. The van der Waals surface area contributed by atoms with Crippen molar-refractivity contribution in [3.63, 3.8) is 0 Å². The van der Waals surface area contributed by atoms with Crippen molar-refractivity contribution < 1.29 is 213 Å². The smallest absolute Gasteiger partial charge is 2.00 e. The van der Waals surface area contributed by atoms with Crippen LogP contribution in [0.2, 0.25) is 0 Å². The monoisotopic (exact) mass is 1570 g/mol. The zero-order chi connectivity index (χ0) is 0. The molecule has 24 nitrogen and oxygen atoms in total. The third kappa shape index (κ3) is 589. The number of hydrogen-bond acceptors (Lipinski definition) is 0. The van der Waals surface area contributed by atoms with E-state index in [1.165, 1.54) is 0 Å². The molecular weight excluding hydrogens is 1570 g/mol. The molecule has 0 heterocycles. The maximum Gasteiger partial charge on any atom is 2.00 e. The topological polar surface area (TPSA) is 684 Å². The van der Waals surface area contributed by atoms with Crippen LogP contribution in [0.15, 0.2) is 0 Å². The van der Waals surface area contributed by atoms with E-state index in [0.29, 0.717) is 0 Å². The summed E-state index contributed by atoms with van der Waals surface area (Å²) in [7, 11) is 0. The third-order valence-corrected chi connectivity index (χ3v) is 0. The van der Waals surface area contributed by atoms with E-state index < -0.39 is 0 Å². The summed E-state index contributed by atoms with van der Waals surface area (Å²) in [6, 6.07) is 0. The molecule has 4 radical (unpaired) electrons.